The zero-order chi connectivity index (χ0) is 41.6. The zero-order valence-electron chi connectivity index (χ0n) is 35.3. The van der Waals surface area contributed by atoms with Crippen LogP contribution >= 0.6 is 0 Å². The summed E-state index contributed by atoms with van der Waals surface area (Å²) in [5.74, 6) is 0.893. The van der Waals surface area contributed by atoms with Crippen LogP contribution in [-0.4, -0.2) is 19.6 Å². The SMILES string of the molecule is CC(C)(C)c1cc(-c2cc(-c3ccccc3)ccn2)[c-]c(-c2cc(-c3ccccc3)cc3c2nc(-c2cccc(C(C)(C)C)c2O)n3-c2ccccc2-c2ccccc2)c1.[Pt]. The molecule has 0 unspecified atom stereocenters. The van der Waals surface area contributed by atoms with Gasteiger partial charge in [0.05, 0.1) is 22.3 Å². The minimum absolute atomic E-state index is 0. The second-order valence-corrected chi connectivity index (χ2v) is 17.6. The molecule has 5 heteroatoms. The molecule has 4 nitrogen and oxygen atoms in total. The maximum atomic E-state index is 12.2. The second kappa shape index (κ2) is 16.6. The van der Waals surface area contributed by atoms with E-state index in [1.54, 1.807) is 0 Å². The molecule has 2 aromatic heterocycles. The fourth-order valence-corrected chi connectivity index (χ4v) is 8.14. The van der Waals surface area contributed by atoms with Crippen molar-refractivity contribution in [3.8, 4) is 78.6 Å². The number of phenols is 1. The van der Waals surface area contributed by atoms with E-state index in [4.69, 9.17) is 9.97 Å². The van der Waals surface area contributed by atoms with E-state index in [9.17, 15) is 5.11 Å². The molecule has 0 atom stereocenters. The first kappa shape index (κ1) is 41.4. The molecular weight excluding hydrogens is 926 g/mol. The molecule has 0 aliphatic heterocycles. The van der Waals surface area contributed by atoms with Gasteiger partial charge in [0, 0.05) is 38.5 Å². The molecule has 7 aromatic carbocycles. The van der Waals surface area contributed by atoms with E-state index in [0.717, 1.165) is 78.0 Å². The van der Waals surface area contributed by atoms with Gasteiger partial charge in [-0.2, -0.15) is 0 Å². The molecule has 61 heavy (non-hydrogen) atoms. The fourth-order valence-electron chi connectivity index (χ4n) is 8.14. The summed E-state index contributed by atoms with van der Waals surface area (Å²) in [5.41, 5.74) is 15.1. The quantitative estimate of drug-likeness (QED) is 0.162. The predicted molar refractivity (Wildman–Crippen MR) is 249 cm³/mol. The average molecular weight is 974 g/mol. The molecule has 0 radical (unpaired) electrons. The van der Waals surface area contributed by atoms with E-state index < -0.39 is 0 Å². The largest absolute Gasteiger partial charge is 0.507 e. The van der Waals surface area contributed by atoms with Gasteiger partial charge in [-0.3, -0.25) is 9.55 Å². The number of aromatic hydroxyl groups is 1. The summed E-state index contributed by atoms with van der Waals surface area (Å²) in [6.07, 6.45) is 1.89. The Morgan fingerprint density at radius 3 is 1.75 bits per heavy atom. The minimum atomic E-state index is -0.296. The van der Waals surface area contributed by atoms with Gasteiger partial charge in [-0.15, -0.1) is 29.3 Å². The molecule has 0 spiro atoms. The first-order valence-corrected chi connectivity index (χ1v) is 20.6. The van der Waals surface area contributed by atoms with Crippen LogP contribution in [0.2, 0.25) is 0 Å². The van der Waals surface area contributed by atoms with Crippen molar-refractivity contribution in [3.63, 3.8) is 0 Å². The van der Waals surface area contributed by atoms with Crippen LogP contribution in [0.25, 0.3) is 83.9 Å². The number of pyridine rings is 1. The van der Waals surface area contributed by atoms with Crippen molar-refractivity contribution >= 4 is 11.0 Å². The summed E-state index contributed by atoms with van der Waals surface area (Å²) in [7, 11) is 0. The Morgan fingerprint density at radius 2 is 1.10 bits per heavy atom. The number of benzene rings is 7. The van der Waals surface area contributed by atoms with Crippen LogP contribution in [0.1, 0.15) is 52.7 Å². The molecular formula is C56H48N3OPt-. The topological polar surface area (TPSA) is 50.9 Å². The Hall–Kier alpha value is -6.35. The van der Waals surface area contributed by atoms with Gasteiger partial charge in [0.1, 0.15) is 11.6 Å². The van der Waals surface area contributed by atoms with Crippen molar-refractivity contribution in [3.05, 3.63) is 193 Å². The molecule has 0 amide bonds. The number of hydrogen-bond donors (Lipinski definition) is 1. The molecule has 0 aliphatic rings. The maximum Gasteiger partial charge on any atom is 0.148 e. The van der Waals surface area contributed by atoms with Crippen molar-refractivity contribution in [1.82, 2.24) is 14.5 Å². The normalized spacial score (nSPS) is 11.7. The Labute approximate surface area is 373 Å². The summed E-state index contributed by atoms with van der Waals surface area (Å²) in [6.45, 7) is 13.1. The summed E-state index contributed by atoms with van der Waals surface area (Å²) in [6, 6.07) is 63.0. The Kier molecular flexibility index (Phi) is 11.3. The average Bonchev–Trinajstić information content (AvgIpc) is 3.65. The van der Waals surface area contributed by atoms with Gasteiger partial charge in [-0.05, 0) is 68.5 Å². The number of imidazole rings is 1. The number of para-hydroxylation sites is 2. The summed E-state index contributed by atoms with van der Waals surface area (Å²) in [5, 5.41) is 12.2. The van der Waals surface area contributed by atoms with Gasteiger partial charge in [-0.25, -0.2) is 4.98 Å². The molecule has 2 heterocycles. The van der Waals surface area contributed by atoms with E-state index >= 15 is 0 Å². The van der Waals surface area contributed by atoms with Crippen LogP contribution in [0.3, 0.4) is 0 Å². The van der Waals surface area contributed by atoms with E-state index in [1.807, 2.05) is 36.5 Å². The zero-order valence-corrected chi connectivity index (χ0v) is 37.6. The number of rotatable bonds is 7. The maximum absolute atomic E-state index is 12.2. The van der Waals surface area contributed by atoms with Gasteiger partial charge in [-0.1, -0.05) is 186 Å². The standard InChI is InChI=1S/C56H48N3O.Pt/c1-55(2,3)44-32-42(31-43(33-44)49-35-40(29-30-57-49)37-19-10-7-11-20-37)47-34-41(38-21-12-8-13-22-38)36-51-52(47)58-54(46-26-18-27-48(53(46)60)56(4,5)6)59(51)50-28-17-16-25-45(50)39-23-14-9-15-24-39;/h7-30,32-36,60H,1-6H3;/q-1;. The van der Waals surface area contributed by atoms with E-state index in [0.29, 0.717) is 11.4 Å². The molecule has 304 valence electrons. The summed E-state index contributed by atoms with van der Waals surface area (Å²) >= 11 is 0. The molecule has 0 saturated heterocycles. The third kappa shape index (κ3) is 8.13. The summed E-state index contributed by atoms with van der Waals surface area (Å²) in [4.78, 5) is 10.5. The molecule has 0 fully saturated rings. The monoisotopic (exact) mass is 973 g/mol. The molecule has 0 saturated carbocycles. The van der Waals surface area contributed by atoms with Gasteiger partial charge in [0.15, 0.2) is 0 Å². The smallest absolute Gasteiger partial charge is 0.148 e. The first-order chi connectivity index (χ1) is 28.9. The van der Waals surface area contributed by atoms with Crippen molar-refractivity contribution in [2.75, 3.05) is 0 Å². The van der Waals surface area contributed by atoms with Crippen LogP contribution < -0.4 is 0 Å². The third-order valence-corrected chi connectivity index (χ3v) is 11.4. The molecule has 1 N–H and O–H groups in total. The number of phenolic OH excluding ortho intramolecular Hbond substituents is 1. The Morgan fingerprint density at radius 1 is 0.508 bits per heavy atom. The van der Waals surface area contributed by atoms with Crippen molar-refractivity contribution < 1.29 is 26.2 Å². The van der Waals surface area contributed by atoms with Crippen LogP contribution in [0.5, 0.6) is 5.75 Å². The second-order valence-electron chi connectivity index (χ2n) is 17.6. The number of nitrogens with zero attached hydrogens (tertiary/aromatic N) is 3. The Bertz CT molecular complexity index is 2990. The van der Waals surface area contributed by atoms with Crippen molar-refractivity contribution in [1.29, 1.82) is 0 Å². The van der Waals surface area contributed by atoms with Crippen LogP contribution in [-0.2, 0) is 31.9 Å². The van der Waals surface area contributed by atoms with Crippen LogP contribution in [0.15, 0.2) is 176 Å². The van der Waals surface area contributed by atoms with Crippen LogP contribution in [0, 0.1) is 6.07 Å². The van der Waals surface area contributed by atoms with Gasteiger partial charge in [0.25, 0.3) is 0 Å². The predicted octanol–water partition coefficient (Wildman–Crippen LogP) is 14.5. The first-order valence-electron chi connectivity index (χ1n) is 20.6. The van der Waals surface area contributed by atoms with Gasteiger partial charge < -0.3 is 5.11 Å². The number of hydrogen-bond acceptors (Lipinski definition) is 3. The van der Waals surface area contributed by atoms with E-state index in [-0.39, 0.29) is 37.6 Å². The molecule has 9 rings (SSSR count). The van der Waals surface area contributed by atoms with Gasteiger partial charge in [0.2, 0.25) is 0 Å². The minimum Gasteiger partial charge on any atom is -0.507 e. The Balaban J connectivity index is 0.00000514. The molecule has 9 aromatic rings. The van der Waals surface area contributed by atoms with Gasteiger partial charge >= 0.3 is 0 Å². The van der Waals surface area contributed by atoms with E-state index in [2.05, 4.69) is 192 Å². The van der Waals surface area contributed by atoms with E-state index in [1.165, 1.54) is 5.56 Å². The number of fused-ring (bicyclic) bond motifs is 1. The third-order valence-electron chi connectivity index (χ3n) is 11.4. The van der Waals surface area contributed by atoms with Crippen molar-refractivity contribution in [2.45, 2.75) is 52.4 Å². The summed E-state index contributed by atoms with van der Waals surface area (Å²) < 4.78 is 2.24. The van der Waals surface area contributed by atoms with Crippen molar-refractivity contribution in [2.24, 2.45) is 0 Å². The molecule has 0 bridgehead atoms. The number of aromatic nitrogens is 3. The fraction of sp³-hybridized carbons (Fsp3) is 0.143. The molecule has 0 aliphatic carbocycles. The van der Waals surface area contributed by atoms with Crippen LogP contribution in [0.4, 0.5) is 0 Å².